The van der Waals surface area contributed by atoms with Gasteiger partial charge in [0.1, 0.15) is 11.4 Å². The minimum absolute atomic E-state index is 0.190. The summed E-state index contributed by atoms with van der Waals surface area (Å²) in [5.74, 6) is 0.805. The van der Waals surface area contributed by atoms with Gasteiger partial charge in [0, 0.05) is 23.8 Å². The molecule has 1 aromatic heterocycles. The zero-order chi connectivity index (χ0) is 18.7. The molecule has 0 aromatic carbocycles. The lowest BCUT2D eigenvalue weighted by Gasteiger charge is -2.34. The zero-order valence-electron chi connectivity index (χ0n) is 16.7. The molecule has 0 bridgehead atoms. The first-order chi connectivity index (χ1) is 12.4. The summed E-state index contributed by atoms with van der Waals surface area (Å²) >= 11 is 0. The number of aromatic nitrogens is 1. The average molecular weight is 360 g/mol. The molecule has 26 heavy (non-hydrogen) atoms. The highest BCUT2D eigenvalue weighted by Crippen LogP contribution is 2.38. The Kier molecular flexibility index (Phi) is 5.86. The Balaban J connectivity index is 1.97. The predicted molar refractivity (Wildman–Crippen MR) is 104 cm³/mol. The van der Waals surface area contributed by atoms with E-state index in [-0.39, 0.29) is 12.1 Å². The Morgan fingerprint density at radius 3 is 2.65 bits per heavy atom. The highest BCUT2D eigenvalue weighted by atomic mass is 16.6. The van der Waals surface area contributed by atoms with Gasteiger partial charge in [0.05, 0.1) is 0 Å². The molecular formula is C21H33N3O2. The van der Waals surface area contributed by atoms with E-state index in [2.05, 4.69) is 22.9 Å². The first-order valence-electron chi connectivity index (χ1n) is 10.1. The highest BCUT2D eigenvalue weighted by molar-refractivity contribution is 5.88. The van der Waals surface area contributed by atoms with Gasteiger partial charge in [-0.3, -0.25) is 9.80 Å². The molecule has 1 amide bonds. The molecule has 2 aliphatic rings. The molecular weight excluding hydrogens is 326 g/mol. The van der Waals surface area contributed by atoms with Crippen LogP contribution in [-0.2, 0) is 4.74 Å². The fourth-order valence-corrected chi connectivity index (χ4v) is 4.31. The Morgan fingerprint density at radius 1 is 1.27 bits per heavy atom. The molecule has 1 saturated heterocycles. The summed E-state index contributed by atoms with van der Waals surface area (Å²) in [5, 5.41) is 0. The number of amides is 1. The van der Waals surface area contributed by atoms with E-state index in [1.54, 1.807) is 6.20 Å². The lowest BCUT2D eigenvalue weighted by Crippen LogP contribution is -2.44. The van der Waals surface area contributed by atoms with E-state index in [0.29, 0.717) is 6.04 Å². The largest absolute Gasteiger partial charge is 0.443 e. The third-order valence-corrected chi connectivity index (χ3v) is 5.45. The number of hydrogen-bond donors (Lipinski definition) is 0. The molecule has 1 unspecified atom stereocenters. The van der Waals surface area contributed by atoms with Crippen molar-refractivity contribution in [2.75, 3.05) is 18.0 Å². The average Bonchev–Trinajstić information content (AvgIpc) is 3.25. The van der Waals surface area contributed by atoms with Crippen LogP contribution in [0.2, 0.25) is 0 Å². The number of hydrogen-bond acceptors (Lipinski definition) is 4. The van der Waals surface area contributed by atoms with Crippen molar-refractivity contribution in [2.45, 2.75) is 83.9 Å². The van der Waals surface area contributed by atoms with Gasteiger partial charge in [-0.15, -0.1) is 0 Å². The SMILES string of the molecule is CCN1CCCC1c1cccnc1N(C(=O)OC(C)(C)C)C1CCCC1. The Morgan fingerprint density at radius 2 is 2.00 bits per heavy atom. The molecule has 1 saturated carbocycles. The molecule has 3 rings (SSSR count). The summed E-state index contributed by atoms with van der Waals surface area (Å²) in [5.41, 5.74) is 0.663. The van der Waals surface area contributed by atoms with Crippen LogP contribution in [0.4, 0.5) is 10.6 Å². The van der Waals surface area contributed by atoms with Gasteiger partial charge in [-0.25, -0.2) is 9.78 Å². The van der Waals surface area contributed by atoms with Crippen molar-refractivity contribution in [3.05, 3.63) is 23.9 Å². The molecule has 1 aliphatic carbocycles. The van der Waals surface area contributed by atoms with Crippen LogP contribution in [0, 0.1) is 0 Å². The highest BCUT2D eigenvalue weighted by Gasteiger charge is 2.36. The molecule has 2 fully saturated rings. The summed E-state index contributed by atoms with van der Waals surface area (Å²) in [6.07, 6.45) is 8.24. The summed E-state index contributed by atoms with van der Waals surface area (Å²) in [7, 11) is 0. The van der Waals surface area contributed by atoms with Crippen LogP contribution in [0.1, 0.15) is 77.8 Å². The van der Waals surface area contributed by atoms with Crippen LogP contribution < -0.4 is 4.90 Å². The second-order valence-corrected chi connectivity index (χ2v) is 8.49. The normalized spacial score (nSPS) is 21.9. The number of ether oxygens (including phenoxy) is 1. The maximum absolute atomic E-state index is 13.1. The minimum atomic E-state index is -0.508. The van der Waals surface area contributed by atoms with Crippen LogP contribution in [0.3, 0.4) is 0 Å². The lowest BCUT2D eigenvalue weighted by molar-refractivity contribution is 0.0564. The number of carbonyl (C=O) groups excluding carboxylic acids is 1. The number of likely N-dealkylation sites (tertiary alicyclic amines) is 1. The Bertz CT molecular complexity index is 620. The second-order valence-electron chi connectivity index (χ2n) is 8.49. The molecule has 144 valence electrons. The molecule has 5 heteroatoms. The van der Waals surface area contributed by atoms with Crippen molar-refractivity contribution in [3.63, 3.8) is 0 Å². The molecule has 5 nitrogen and oxygen atoms in total. The van der Waals surface area contributed by atoms with Crippen molar-refractivity contribution in [1.29, 1.82) is 0 Å². The van der Waals surface area contributed by atoms with Gasteiger partial charge in [-0.1, -0.05) is 25.8 Å². The van der Waals surface area contributed by atoms with E-state index in [9.17, 15) is 4.79 Å². The van der Waals surface area contributed by atoms with Crippen LogP contribution in [0.15, 0.2) is 18.3 Å². The molecule has 1 aromatic rings. The van der Waals surface area contributed by atoms with Crippen molar-refractivity contribution >= 4 is 11.9 Å². The van der Waals surface area contributed by atoms with E-state index in [1.807, 2.05) is 31.7 Å². The van der Waals surface area contributed by atoms with Gasteiger partial charge in [-0.05, 0) is 65.6 Å². The fourth-order valence-electron chi connectivity index (χ4n) is 4.31. The fraction of sp³-hybridized carbons (Fsp3) is 0.714. The smallest absolute Gasteiger partial charge is 0.416 e. The molecule has 1 atom stereocenters. The number of carbonyl (C=O) groups is 1. The van der Waals surface area contributed by atoms with E-state index >= 15 is 0 Å². The summed E-state index contributed by atoms with van der Waals surface area (Å²) < 4.78 is 5.77. The van der Waals surface area contributed by atoms with Gasteiger partial charge in [0.25, 0.3) is 0 Å². The maximum atomic E-state index is 13.1. The van der Waals surface area contributed by atoms with E-state index in [1.165, 1.54) is 12.0 Å². The molecule has 0 spiro atoms. The van der Waals surface area contributed by atoms with E-state index < -0.39 is 5.60 Å². The number of rotatable bonds is 4. The minimum Gasteiger partial charge on any atom is -0.443 e. The molecule has 1 aliphatic heterocycles. The van der Waals surface area contributed by atoms with Gasteiger partial charge in [0.2, 0.25) is 0 Å². The van der Waals surface area contributed by atoms with Crippen LogP contribution in [0.5, 0.6) is 0 Å². The van der Waals surface area contributed by atoms with Gasteiger partial charge < -0.3 is 4.74 Å². The van der Waals surface area contributed by atoms with Crippen molar-refractivity contribution < 1.29 is 9.53 Å². The van der Waals surface area contributed by atoms with Crippen LogP contribution >= 0.6 is 0 Å². The summed E-state index contributed by atoms with van der Waals surface area (Å²) in [6.45, 7) is 10.1. The van der Waals surface area contributed by atoms with Gasteiger partial charge >= 0.3 is 6.09 Å². The first kappa shape index (κ1) is 19.2. The Hall–Kier alpha value is -1.62. The van der Waals surface area contributed by atoms with Crippen molar-refractivity contribution in [1.82, 2.24) is 9.88 Å². The lowest BCUT2D eigenvalue weighted by atomic mass is 10.0. The van der Waals surface area contributed by atoms with Gasteiger partial charge in [-0.2, -0.15) is 0 Å². The summed E-state index contributed by atoms with van der Waals surface area (Å²) in [6, 6.07) is 4.67. The second kappa shape index (κ2) is 7.95. The predicted octanol–water partition coefficient (Wildman–Crippen LogP) is 4.92. The summed E-state index contributed by atoms with van der Waals surface area (Å²) in [4.78, 5) is 22.2. The first-order valence-corrected chi connectivity index (χ1v) is 10.1. The Labute approximate surface area is 157 Å². The van der Waals surface area contributed by atoms with Crippen LogP contribution in [0.25, 0.3) is 0 Å². The molecule has 2 heterocycles. The molecule has 0 N–H and O–H groups in total. The molecule has 0 radical (unpaired) electrons. The standard InChI is InChI=1S/C21H33N3O2/c1-5-23-15-9-13-18(23)17-12-8-14-22-19(17)24(16-10-6-7-11-16)20(25)26-21(2,3)4/h8,12,14,16,18H,5-7,9-11,13,15H2,1-4H3. The zero-order valence-corrected chi connectivity index (χ0v) is 16.7. The van der Waals surface area contributed by atoms with Gasteiger partial charge in [0.15, 0.2) is 0 Å². The van der Waals surface area contributed by atoms with E-state index in [4.69, 9.17) is 4.74 Å². The third-order valence-electron chi connectivity index (χ3n) is 5.45. The topological polar surface area (TPSA) is 45.7 Å². The van der Waals surface area contributed by atoms with Crippen LogP contribution in [-0.4, -0.2) is 40.7 Å². The van der Waals surface area contributed by atoms with E-state index in [0.717, 1.165) is 51.0 Å². The number of nitrogens with zero attached hydrogens (tertiary/aromatic N) is 3. The monoisotopic (exact) mass is 359 g/mol. The quantitative estimate of drug-likeness (QED) is 0.765. The van der Waals surface area contributed by atoms with Crippen molar-refractivity contribution in [3.8, 4) is 0 Å². The maximum Gasteiger partial charge on any atom is 0.416 e. The number of anilines is 1. The number of pyridine rings is 1. The third kappa shape index (κ3) is 4.20. The van der Waals surface area contributed by atoms with Crippen molar-refractivity contribution in [2.24, 2.45) is 0 Å².